The van der Waals surface area contributed by atoms with Crippen molar-refractivity contribution in [3.63, 3.8) is 0 Å². The molecule has 18 heavy (non-hydrogen) atoms. The summed E-state index contributed by atoms with van der Waals surface area (Å²) in [6.45, 7) is 3.94. The van der Waals surface area contributed by atoms with E-state index in [9.17, 15) is 9.59 Å². The van der Waals surface area contributed by atoms with Gasteiger partial charge in [-0.1, -0.05) is 23.8 Å². The molecule has 0 atom stereocenters. The number of aromatic carboxylic acids is 1. The Morgan fingerprint density at radius 3 is 2.56 bits per heavy atom. The Balaban J connectivity index is 2.61. The Kier molecular flexibility index (Phi) is 3.02. The Bertz CT molecular complexity index is 671. The average molecular weight is 243 g/mol. The molecule has 0 amide bonds. The van der Waals surface area contributed by atoms with Gasteiger partial charge in [0.1, 0.15) is 5.56 Å². The van der Waals surface area contributed by atoms with Crippen LogP contribution in [0.25, 0.3) is 11.1 Å². The van der Waals surface area contributed by atoms with Crippen LogP contribution >= 0.6 is 0 Å². The molecule has 2 aromatic rings. The van der Waals surface area contributed by atoms with Crippen LogP contribution in [-0.2, 0) is 0 Å². The molecule has 0 aliphatic heterocycles. The lowest BCUT2D eigenvalue weighted by Gasteiger charge is -2.07. The lowest BCUT2D eigenvalue weighted by Crippen LogP contribution is -2.16. The minimum Gasteiger partial charge on any atom is -0.477 e. The zero-order valence-corrected chi connectivity index (χ0v) is 10.2. The maximum Gasteiger partial charge on any atom is 0.341 e. The molecule has 0 saturated carbocycles. The molecule has 92 valence electrons. The Hall–Kier alpha value is -2.36. The number of carboxylic acid groups (broad SMARTS) is 1. The minimum atomic E-state index is -1.22. The molecule has 1 aromatic carbocycles. The quantitative estimate of drug-likeness (QED) is 0.850. The molecule has 1 heterocycles. The normalized spacial score (nSPS) is 10.3. The number of aryl methyl sites for hydroxylation is 2. The van der Waals surface area contributed by atoms with E-state index >= 15 is 0 Å². The molecule has 0 spiro atoms. The van der Waals surface area contributed by atoms with Crippen molar-refractivity contribution in [2.45, 2.75) is 13.8 Å². The predicted molar refractivity (Wildman–Crippen MR) is 68.9 cm³/mol. The maximum absolute atomic E-state index is 11.3. The topological polar surface area (TPSA) is 70.2 Å². The number of aromatic amines is 1. The highest BCUT2D eigenvalue weighted by molar-refractivity contribution is 5.89. The van der Waals surface area contributed by atoms with Crippen LogP contribution in [0.2, 0.25) is 0 Å². The summed E-state index contributed by atoms with van der Waals surface area (Å²) in [7, 11) is 0. The standard InChI is InChI=1S/C14H13NO3/c1-8-3-4-11(9(2)5-8)10-6-12(14(17)18)13(16)15-7-10/h3-7H,1-2H3,(H,15,16)(H,17,18). The van der Waals surface area contributed by atoms with Gasteiger partial charge in [0.15, 0.2) is 0 Å². The third-order valence-electron chi connectivity index (χ3n) is 2.83. The van der Waals surface area contributed by atoms with Crippen LogP contribution < -0.4 is 5.56 Å². The average Bonchev–Trinajstić information content (AvgIpc) is 2.30. The van der Waals surface area contributed by atoms with E-state index < -0.39 is 11.5 Å². The molecule has 2 N–H and O–H groups in total. The highest BCUT2D eigenvalue weighted by atomic mass is 16.4. The molecule has 0 radical (unpaired) electrons. The van der Waals surface area contributed by atoms with Gasteiger partial charge in [-0.15, -0.1) is 0 Å². The van der Waals surface area contributed by atoms with E-state index in [0.717, 1.165) is 16.7 Å². The van der Waals surface area contributed by atoms with E-state index in [1.807, 2.05) is 32.0 Å². The van der Waals surface area contributed by atoms with Gasteiger partial charge in [-0.2, -0.15) is 0 Å². The molecule has 4 heteroatoms. The van der Waals surface area contributed by atoms with Gasteiger partial charge in [0.25, 0.3) is 5.56 Å². The summed E-state index contributed by atoms with van der Waals surface area (Å²) in [4.78, 5) is 24.7. The van der Waals surface area contributed by atoms with Gasteiger partial charge in [-0.3, -0.25) is 4.79 Å². The number of pyridine rings is 1. The van der Waals surface area contributed by atoms with Crippen molar-refractivity contribution < 1.29 is 9.90 Å². The first-order valence-electron chi connectivity index (χ1n) is 5.52. The zero-order valence-electron chi connectivity index (χ0n) is 10.2. The largest absolute Gasteiger partial charge is 0.477 e. The van der Waals surface area contributed by atoms with Crippen LogP contribution in [0.15, 0.2) is 35.3 Å². The number of nitrogens with one attached hydrogen (secondary N) is 1. The second-order valence-electron chi connectivity index (χ2n) is 4.25. The van der Waals surface area contributed by atoms with Crippen LogP contribution in [0.4, 0.5) is 0 Å². The highest BCUT2D eigenvalue weighted by Gasteiger charge is 2.11. The SMILES string of the molecule is Cc1ccc(-c2c[nH]c(=O)c(C(=O)O)c2)c(C)c1. The third-order valence-corrected chi connectivity index (χ3v) is 2.83. The molecule has 0 aliphatic rings. The summed E-state index contributed by atoms with van der Waals surface area (Å²) < 4.78 is 0. The number of benzene rings is 1. The predicted octanol–water partition coefficient (Wildman–Crippen LogP) is 2.36. The molecular formula is C14H13NO3. The van der Waals surface area contributed by atoms with Crippen molar-refractivity contribution in [1.82, 2.24) is 4.98 Å². The maximum atomic E-state index is 11.3. The lowest BCUT2D eigenvalue weighted by atomic mass is 9.99. The number of hydrogen-bond donors (Lipinski definition) is 2. The van der Waals surface area contributed by atoms with E-state index in [2.05, 4.69) is 4.98 Å². The lowest BCUT2D eigenvalue weighted by molar-refractivity contribution is 0.0695. The van der Waals surface area contributed by atoms with Crippen LogP contribution in [0.1, 0.15) is 21.5 Å². The van der Waals surface area contributed by atoms with Crippen molar-refractivity contribution in [2.24, 2.45) is 0 Å². The fraction of sp³-hybridized carbons (Fsp3) is 0.143. The molecule has 1 aromatic heterocycles. The smallest absolute Gasteiger partial charge is 0.341 e. The molecule has 0 aliphatic carbocycles. The Labute approximate surface area is 104 Å². The second-order valence-corrected chi connectivity index (χ2v) is 4.25. The third kappa shape index (κ3) is 2.18. The molecule has 0 fully saturated rings. The van der Waals surface area contributed by atoms with Gasteiger partial charge in [0, 0.05) is 6.20 Å². The molecular weight excluding hydrogens is 230 g/mol. The van der Waals surface area contributed by atoms with Gasteiger partial charge >= 0.3 is 5.97 Å². The Morgan fingerprint density at radius 2 is 1.94 bits per heavy atom. The van der Waals surface area contributed by atoms with Crippen LogP contribution in [-0.4, -0.2) is 16.1 Å². The van der Waals surface area contributed by atoms with Gasteiger partial charge in [-0.05, 0) is 36.6 Å². The fourth-order valence-corrected chi connectivity index (χ4v) is 1.94. The molecule has 4 nitrogen and oxygen atoms in total. The van der Waals surface area contributed by atoms with Crippen molar-refractivity contribution in [2.75, 3.05) is 0 Å². The van der Waals surface area contributed by atoms with Crippen LogP contribution in [0.5, 0.6) is 0 Å². The Morgan fingerprint density at radius 1 is 1.22 bits per heavy atom. The first-order chi connectivity index (χ1) is 8.49. The molecule has 0 saturated heterocycles. The summed E-state index contributed by atoms with van der Waals surface area (Å²) in [6.07, 6.45) is 1.53. The zero-order chi connectivity index (χ0) is 13.3. The monoisotopic (exact) mass is 243 g/mol. The first-order valence-corrected chi connectivity index (χ1v) is 5.52. The summed E-state index contributed by atoms with van der Waals surface area (Å²) in [5.74, 6) is -1.22. The van der Waals surface area contributed by atoms with E-state index in [4.69, 9.17) is 5.11 Å². The van der Waals surface area contributed by atoms with E-state index in [1.54, 1.807) is 0 Å². The van der Waals surface area contributed by atoms with Crippen LogP contribution in [0, 0.1) is 13.8 Å². The molecule has 2 rings (SSSR count). The van der Waals surface area contributed by atoms with Gasteiger partial charge in [-0.25, -0.2) is 4.79 Å². The molecule has 0 bridgehead atoms. The summed E-state index contributed by atoms with van der Waals surface area (Å²) >= 11 is 0. The summed E-state index contributed by atoms with van der Waals surface area (Å²) in [6, 6.07) is 7.29. The second kappa shape index (κ2) is 4.49. The number of carbonyl (C=O) groups is 1. The first kappa shape index (κ1) is 12.1. The number of aromatic nitrogens is 1. The van der Waals surface area contributed by atoms with Crippen LogP contribution in [0.3, 0.4) is 0 Å². The number of hydrogen-bond acceptors (Lipinski definition) is 2. The highest BCUT2D eigenvalue weighted by Crippen LogP contribution is 2.23. The van der Waals surface area contributed by atoms with Gasteiger partial charge in [0.2, 0.25) is 0 Å². The number of H-pyrrole nitrogens is 1. The number of rotatable bonds is 2. The van der Waals surface area contributed by atoms with Gasteiger partial charge in [0.05, 0.1) is 0 Å². The number of carboxylic acids is 1. The van der Waals surface area contributed by atoms with Crippen molar-refractivity contribution in [3.8, 4) is 11.1 Å². The van der Waals surface area contributed by atoms with E-state index in [-0.39, 0.29) is 5.56 Å². The van der Waals surface area contributed by atoms with Gasteiger partial charge < -0.3 is 10.1 Å². The summed E-state index contributed by atoms with van der Waals surface area (Å²) in [5.41, 5.74) is 2.96. The van der Waals surface area contributed by atoms with Crippen molar-refractivity contribution in [1.29, 1.82) is 0 Å². The van der Waals surface area contributed by atoms with E-state index in [0.29, 0.717) is 5.56 Å². The fourth-order valence-electron chi connectivity index (χ4n) is 1.94. The van der Waals surface area contributed by atoms with Crippen molar-refractivity contribution in [3.05, 3.63) is 57.5 Å². The van der Waals surface area contributed by atoms with E-state index in [1.165, 1.54) is 12.3 Å². The van der Waals surface area contributed by atoms with Crippen molar-refractivity contribution >= 4 is 5.97 Å². The minimum absolute atomic E-state index is 0.243. The molecule has 0 unspecified atom stereocenters. The summed E-state index contributed by atoms with van der Waals surface area (Å²) in [5, 5.41) is 8.93.